The zero-order valence-electron chi connectivity index (χ0n) is 15.2. The van der Waals surface area contributed by atoms with E-state index in [4.69, 9.17) is 16.3 Å². The molecule has 0 saturated heterocycles. The summed E-state index contributed by atoms with van der Waals surface area (Å²) in [6.07, 6.45) is -0.644. The van der Waals surface area contributed by atoms with Crippen molar-refractivity contribution in [1.29, 1.82) is 0 Å². The largest absolute Gasteiger partial charge is 0.479 e. The van der Waals surface area contributed by atoms with Gasteiger partial charge in [0.05, 0.1) is 5.69 Å². The fourth-order valence-corrected chi connectivity index (χ4v) is 3.09. The molecule has 0 radical (unpaired) electrons. The lowest BCUT2D eigenvalue weighted by Crippen LogP contribution is -2.52. The lowest BCUT2D eigenvalue weighted by molar-refractivity contribution is -0.128. The molecule has 26 heavy (non-hydrogen) atoms. The first-order chi connectivity index (χ1) is 12.3. The summed E-state index contributed by atoms with van der Waals surface area (Å²) in [5, 5.41) is 3.41. The van der Waals surface area contributed by atoms with Crippen LogP contribution in [0.1, 0.15) is 25.0 Å². The van der Waals surface area contributed by atoms with E-state index in [-0.39, 0.29) is 11.8 Å². The molecule has 2 aromatic carbocycles. The van der Waals surface area contributed by atoms with Gasteiger partial charge in [0.15, 0.2) is 6.10 Å². The van der Waals surface area contributed by atoms with Crippen molar-refractivity contribution in [1.82, 2.24) is 0 Å². The number of amides is 2. The van der Waals surface area contributed by atoms with Gasteiger partial charge in [0.25, 0.3) is 5.91 Å². The molecule has 0 aromatic heterocycles. The zero-order valence-corrected chi connectivity index (χ0v) is 15.9. The molecule has 2 atom stereocenters. The van der Waals surface area contributed by atoms with Crippen molar-refractivity contribution in [3.05, 3.63) is 52.5 Å². The number of carbonyl (C=O) groups is 2. The first kappa shape index (κ1) is 18.3. The highest BCUT2D eigenvalue weighted by Crippen LogP contribution is 2.36. The summed E-state index contributed by atoms with van der Waals surface area (Å²) in [5.41, 5.74) is 3.12. The molecule has 0 saturated carbocycles. The average Bonchev–Trinajstić information content (AvgIpc) is 2.59. The Morgan fingerprint density at radius 1 is 1.23 bits per heavy atom. The summed E-state index contributed by atoms with van der Waals surface area (Å²) in [6, 6.07) is 10.2. The molecule has 5 nitrogen and oxygen atoms in total. The maximum Gasteiger partial charge on any atom is 0.268 e. The summed E-state index contributed by atoms with van der Waals surface area (Å²) in [7, 11) is 0. The number of aryl methyl sites for hydroxylation is 2. The maximum atomic E-state index is 12.8. The van der Waals surface area contributed by atoms with Gasteiger partial charge in [-0.3, -0.25) is 14.5 Å². The van der Waals surface area contributed by atoms with E-state index < -0.39 is 12.1 Å². The highest BCUT2D eigenvalue weighted by Gasteiger charge is 2.37. The molecule has 1 aliphatic heterocycles. The molecule has 136 valence electrons. The molecule has 1 aliphatic rings. The van der Waals surface area contributed by atoms with Crippen molar-refractivity contribution in [3.8, 4) is 5.75 Å². The number of anilines is 2. The second-order valence-electron chi connectivity index (χ2n) is 6.57. The number of hydrogen-bond acceptors (Lipinski definition) is 3. The Kier molecular flexibility index (Phi) is 4.92. The summed E-state index contributed by atoms with van der Waals surface area (Å²) >= 11 is 6.12. The maximum absolute atomic E-state index is 12.8. The molecule has 1 N–H and O–H groups in total. The second kappa shape index (κ2) is 7.00. The fraction of sp³-hybridized carbons (Fsp3) is 0.300. The number of benzene rings is 2. The van der Waals surface area contributed by atoms with Crippen LogP contribution >= 0.6 is 11.6 Å². The van der Waals surface area contributed by atoms with Gasteiger partial charge in [-0.15, -0.1) is 0 Å². The Balaban J connectivity index is 1.89. The quantitative estimate of drug-likeness (QED) is 0.882. The monoisotopic (exact) mass is 372 g/mol. The van der Waals surface area contributed by atoms with Gasteiger partial charge in [0.1, 0.15) is 11.8 Å². The van der Waals surface area contributed by atoms with Crippen LogP contribution in [-0.4, -0.2) is 24.0 Å². The van der Waals surface area contributed by atoms with E-state index in [9.17, 15) is 9.59 Å². The van der Waals surface area contributed by atoms with Crippen LogP contribution in [0.25, 0.3) is 0 Å². The number of nitrogens with one attached hydrogen (secondary N) is 1. The van der Waals surface area contributed by atoms with Gasteiger partial charge in [0.2, 0.25) is 5.91 Å². The third-order valence-corrected chi connectivity index (χ3v) is 4.88. The van der Waals surface area contributed by atoms with Crippen LogP contribution in [0.3, 0.4) is 0 Å². The minimum atomic E-state index is -0.700. The molecule has 2 amide bonds. The third kappa shape index (κ3) is 3.40. The SMILES string of the molecule is Cc1ccc2c(c1)N(C(C)C(=O)Nc1ccc(C)c(Cl)c1)C(=O)C(C)O2. The standard InChI is InChI=1S/C20H21ClN2O3/c1-11-5-8-18-17(9-11)23(20(25)14(4)26-18)13(3)19(24)22-15-7-6-12(2)16(21)10-15/h5-10,13-14H,1-4H3,(H,22,24). The van der Waals surface area contributed by atoms with Gasteiger partial charge in [-0.1, -0.05) is 23.7 Å². The van der Waals surface area contributed by atoms with Crippen molar-refractivity contribution < 1.29 is 14.3 Å². The first-order valence-corrected chi connectivity index (χ1v) is 8.83. The van der Waals surface area contributed by atoms with Crippen LogP contribution in [0.2, 0.25) is 5.02 Å². The van der Waals surface area contributed by atoms with Crippen molar-refractivity contribution in [2.45, 2.75) is 39.8 Å². The van der Waals surface area contributed by atoms with E-state index in [1.165, 1.54) is 4.90 Å². The summed E-state index contributed by atoms with van der Waals surface area (Å²) in [4.78, 5) is 27.0. The van der Waals surface area contributed by atoms with E-state index in [1.54, 1.807) is 26.0 Å². The van der Waals surface area contributed by atoms with Crippen LogP contribution in [0.5, 0.6) is 5.75 Å². The van der Waals surface area contributed by atoms with E-state index in [2.05, 4.69) is 5.32 Å². The van der Waals surface area contributed by atoms with E-state index >= 15 is 0 Å². The minimum Gasteiger partial charge on any atom is -0.479 e. The molecule has 0 bridgehead atoms. The lowest BCUT2D eigenvalue weighted by atomic mass is 10.1. The molecule has 2 aromatic rings. The number of nitrogens with zero attached hydrogens (tertiary/aromatic N) is 1. The molecule has 0 fully saturated rings. The number of carbonyl (C=O) groups excluding carboxylic acids is 2. The lowest BCUT2D eigenvalue weighted by Gasteiger charge is -2.36. The normalized spacial score (nSPS) is 17.3. The van der Waals surface area contributed by atoms with Crippen LogP contribution in [0.15, 0.2) is 36.4 Å². The molecular formula is C20H21ClN2O3. The summed E-state index contributed by atoms with van der Waals surface area (Å²) < 4.78 is 5.67. The van der Waals surface area contributed by atoms with Gasteiger partial charge in [0, 0.05) is 10.7 Å². The van der Waals surface area contributed by atoms with Crippen LogP contribution < -0.4 is 15.0 Å². The molecule has 1 heterocycles. The predicted molar refractivity (Wildman–Crippen MR) is 103 cm³/mol. The van der Waals surface area contributed by atoms with Crippen molar-refractivity contribution >= 4 is 34.8 Å². The highest BCUT2D eigenvalue weighted by molar-refractivity contribution is 6.31. The van der Waals surface area contributed by atoms with Crippen molar-refractivity contribution in [2.24, 2.45) is 0 Å². The summed E-state index contributed by atoms with van der Waals surface area (Å²) in [5.74, 6) is 0.0632. The van der Waals surface area contributed by atoms with E-state index in [0.29, 0.717) is 22.1 Å². The molecule has 2 unspecified atom stereocenters. The summed E-state index contributed by atoms with van der Waals surface area (Å²) in [6.45, 7) is 7.21. The van der Waals surface area contributed by atoms with Crippen LogP contribution in [0.4, 0.5) is 11.4 Å². The third-order valence-electron chi connectivity index (χ3n) is 4.47. The first-order valence-electron chi connectivity index (χ1n) is 8.45. The Morgan fingerprint density at radius 2 is 1.96 bits per heavy atom. The number of rotatable bonds is 3. The smallest absolute Gasteiger partial charge is 0.268 e. The molecule has 0 spiro atoms. The number of hydrogen-bond donors (Lipinski definition) is 1. The molecular weight excluding hydrogens is 352 g/mol. The molecule has 3 rings (SSSR count). The fourth-order valence-electron chi connectivity index (χ4n) is 2.90. The van der Waals surface area contributed by atoms with Gasteiger partial charge in [-0.25, -0.2) is 0 Å². The van der Waals surface area contributed by atoms with Crippen LogP contribution in [0, 0.1) is 13.8 Å². The molecule has 0 aliphatic carbocycles. The van der Waals surface area contributed by atoms with Gasteiger partial charge in [-0.05, 0) is 63.1 Å². The molecule has 6 heteroatoms. The number of ether oxygens (including phenoxy) is 1. The van der Waals surface area contributed by atoms with Crippen LogP contribution in [-0.2, 0) is 9.59 Å². The zero-order chi connectivity index (χ0) is 19.0. The minimum absolute atomic E-state index is 0.243. The van der Waals surface area contributed by atoms with E-state index in [1.807, 2.05) is 38.1 Å². The number of halogens is 1. The second-order valence-corrected chi connectivity index (χ2v) is 6.98. The number of fused-ring (bicyclic) bond motifs is 1. The van der Waals surface area contributed by atoms with Crippen molar-refractivity contribution in [3.63, 3.8) is 0 Å². The van der Waals surface area contributed by atoms with Gasteiger partial charge >= 0.3 is 0 Å². The van der Waals surface area contributed by atoms with E-state index in [0.717, 1.165) is 11.1 Å². The van der Waals surface area contributed by atoms with Gasteiger partial charge < -0.3 is 10.1 Å². The average molecular weight is 373 g/mol. The Hall–Kier alpha value is -2.53. The Bertz CT molecular complexity index is 881. The highest BCUT2D eigenvalue weighted by atomic mass is 35.5. The Morgan fingerprint density at radius 3 is 2.65 bits per heavy atom. The Labute approximate surface area is 157 Å². The van der Waals surface area contributed by atoms with Gasteiger partial charge in [-0.2, -0.15) is 0 Å². The van der Waals surface area contributed by atoms with Crippen molar-refractivity contribution in [2.75, 3.05) is 10.2 Å². The predicted octanol–water partition coefficient (Wildman–Crippen LogP) is 4.10. The topological polar surface area (TPSA) is 58.6 Å².